The molecule has 0 amide bonds. The van der Waals surface area contributed by atoms with E-state index in [0.29, 0.717) is 36.9 Å². The molecule has 0 aliphatic carbocycles. The second-order valence-corrected chi connectivity index (χ2v) is 7.03. The van der Waals surface area contributed by atoms with Crippen LogP contribution in [-0.2, 0) is 10.0 Å². The van der Waals surface area contributed by atoms with E-state index in [4.69, 9.17) is 11.6 Å². The van der Waals surface area contributed by atoms with Crippen LogP contribution in [0, 0.1) is 0 Å². The van der Waals surface area contributed by atoms with Crippen molar-refractivity contribution < 1.29 is 8.42 Å². The van der Waals surface area contributed by atoms with Crippen LogP contribution in [0.1, 0.15) is 0 Å². The van der Waals surface area contributed by atoms with E-state index in [-0.39, 0.29) is 5.03 Å². The molecule has 1 aliphatic heterocycles. The highest BCUT2D eigenvalue weighted by Gasteiger charge is 2.29. The van der Waals surface area contributed by atoms with Gasteiger partial charge in [0.15, 0.2) is 5.03 Å². The van der Waals surface area contributed by atoms with Gasteiger partial charge >= 0.3 is 0 Å². The zero-order valence-electron chi connectivity index (χ0n) is 11.2. The predicted octanol–water partition coefficient (Wildman–Crippen LogP) is 1.12. The fraction of sp³-hybridized carbons (Fsp3) is 0.308. The monoisotopic (exact) mass is 326 g/mol. The van der Waals surface area contributed by atoms with Crippen LogP contribution in [0.5, 0.6) is 0 Å². The number of hydrogen-bond donors (Lipinski definition) is 1. The molecule has 0 atom stereocenters. The second kappa shape index (κ2) is 5.76. The summed E-state index contributed by atoms with van der Waals surface area (Å²) in [4.78, 5) is 0. The van der Waals surface area contributed by atoms with Crippen LogP contribution in [0.3, 0.4) is 0 Å². The van der Waals surface area contributed by atoms with Gasteiger partial charge in [0, 0.05) is 31.2 Å². The van der Waals surface area contributed by atoms with Crippen molar-refractivity contribution in [2.75, 3.05) is 26.2 Å². The number of rotatable bonds is 3. The maximum absolute atomic E-state index is 12.7. The molecule has 1 saturated heterocycles. The van der Waals surface area contributed by atoms with Crippen molar-refractivity contribution >= 4 is 21.6 Å². The number of nitrogens with zero attached hydrogens (tertiary/aromatic N) is 3. The Bertz CT molecular complexity index is 721. The predicted molar refractivity (Wildman–Crippen MR) is 80.2 cm³/mol. The van der Waals surface area contributed by atoms with Crippen LogP contribution < -0.4 is 5.32 Å². The molecule has 1 aliphatic rings. The summed E-state index contributed by atoms with van der Waals surface area (Å²) in [6.07, 6.45) is 1.49. The van der Waals surface area contributed by atoms with Crippen LogP contribution in [0.2, 0.25) is 5.02 Å². The van der Waals surface area contributed by atoms with E-state index in [2.05, 4.69) is 10.4 Å². The number of nitrogens with one attached hydrogen (secondary N) is 1. The Morgan fingerprint density at radius 1 is 1.10 bits per heavy atom. The molecule has 0 bridgehead atoms. The van der Waals surface area contributed by atoms with Gasteiger partial charge < -0.3 is 5.32 Å². The summed E-state index contributed by atoms with van der Waals surface area (Å²) in [6, 6.07) is 8.42. The maximum Gasteiger partial charge on any atom is 0.260 e. The van der Waals surface area contributed by atoms with E-state index in [9.17, 15) is 8.42 Å². The molecule has 112 valence electrons. The molecular formula is C13H15ClN4O2S. The molecule has 0 radical (unpaired) electrons. The minimum absolute atomic E-state index is 0.173. The van der Waals surface area contributed by atoms with Gasteiger partial charge in [-0.15, -0.1) is 0 Å². The first kappa shape index (κ1) is 14.5. The molecule has 1 aromatic carbocycles. The van der Waals surface area contributed by atoms with Crippen molar-refractivity contribution in [1.29, 1.82) is 0 Å². The van der Waals surface area contributed by atoms with Gasteiger partial charge in [-0.1, -0.05) is 11.6 Å². The highest BCUT2D eigenvalue weighted by Crippen LogP contribution is 2.20. The van der Waals surface area contributed by atoms with Crippen molar-refractivity contribution in [2.24, 2.45) is 0 Å². The molecule has 8 heteroatoms. The molecule has 21 heavy (non-hydrogen) atoms. The molecular weight excluding hydrogens is 312 g/mol. The molecule has 1 fully saturated rings. The van der Waals surface area contributed by atoms with E-state index < -0.39 is 10.0 Å². The van der Waals surface area contributed by atoms with Crippen LogP contribution >= 0.6 is 11.6 Å². The number of piperazine rings is 1. The molecule has 0 saturated carbocycles. The highest BCUT2D eigenvalue weighted by atomic mass is 35.5. The number of halogens is 1. The molecule has 1 N–H and O–H groups in total. The summed E-state index contributed by atoms with van der Waals surface area (Å²) in [5, 5.41) is 8.04. The Morgan fingerprint density at radius 2 is 1.76 bits per heavy atom. The van der Waals surface area contributed by atoms with Crippen molar-refractivity contribution in [3.8, 4) is 5.69 Å². The average Bonchev–Trinajstić information content (AvgIpc) is 2.99. The quantitative estimate of drug-likeness (QED) is 0.918. The SMILES string of the molecule is O=S(=O)(c1ccnn1-c1ccc(Cl)cc1)N1CCNCC1. The summed E-state index contributed by atoms with van der Waals surface area (Å²) in [6.45, 7) is 2.25. The third kappa shape index (κ3) is 2.82. The maximum atomic E-state index is 12.7. The topological polar surface area (TPSA) is 67.2 Å². The average molecular weight is 327 g/mol. The minimum Gasteiger partial charge on any atom is -0.314 e. The van der Waals surface area contributed by atoms with E-state index in [1.165, 1.54) is 21.3 Å². The lowest BCUT2D eigenvalue weighted by atomic mass is 10.3. The van der Waals surface area contributed by atoms with Crippen LogP contribution in [-0.4, -0.2) is 48.7 Å². The zero-order chi connectivity index (χ0) is 14.9. The molecule has 3 rings (SSSR count). The Labute approximate surface area is 128 Å². The lowest BCUT2D eigenvalue weighted by Crippen LogP contribution is -2.46. The van der Waals surface area contributed by atoms with Crippen molar-refractivity contribution in [3.05, 3.63) is 41.6 Å². The van der Waals surface area contributed by atoms with E-state index >= 15 is 0 Å². The number of hydrogen-bond acceptors (Lipinski definition) is 4. The standard InChI is InChI=1S/C13H15ClN4O2S/c14-11-1-3-12(4-2-11)18-13(5-6-16-18)21(19,20)17-9-7-15-8-10-17/h1-6,15H,7-10H2. The van der Waals surface area contributed by atoms with Gasteiger partial charge in [-0.2, -0.15) is 9.40 Å². The van der Waals surface area contributed by atoms with Gasteiger partial charge in [0.1, 0.15) is 0 Å². The molecule has 1 aromatic heterocycles. The van der Waals surface area contributed by atoms with Gasteiger partial charge in [0.05, 0.1) is 11.9 Å². The van der Waals surface area contributed by atoms with Gasteiger partial charge in [-0.3, -0.25) is 0 Å². The van der Waals surface area contributed by atoms with Gasteiger partial charge in [0.2, 0.25) is 0 Å². The van der Waals surface area contributed by atoms with Crippen molar-refractivity contribution in [3.63, 3.8) is 0 Å². The fourth-order valence-electron chi connectivity index (χ4n) is 2.28. The summed E-state index contributed by atoms with van der Waals surface area (Å²) < 4.78 is 28.3. The lowest BCUT2D eigenvalue weighted by molar-refractivity contribution is 0.358. The third-order valence-electron chi connectivity index (χ3n) is 3.36. The largest absolute Gasteiger partial charge is 0.314 e. The van der Waals surface area contributed by atoms with Gasteiger partial charge in [0.25, 0.3) is 10.0 Å². The van der Waals surface area contributed by atoms with Gasteiger partial charge in [-0.05, 0) is 30.3 Å². The fourth-order valence-corrected chi connectivity index (χ4v) is 3.94. The summed E-state index contributed by atoms with van der Waals surface area (Å²) in [7, 11) is -3.55. The molecule has 0 unspecified atom stereocenters. The van der Waals surface area contributed by atoms with Crippen molar-refractivity contribution in [1.82, 2.24) is 19.4 Å². The molecule has 0 spiro atoms. The summed E-state index contributed by atoms with van der Waals surface area (Å²) >= 11 is 5.86. The summed E-state index contributed by atoms with van der Waals surface area (Å²) in [5.74, 6) is 0. The smallest absolute Gasteiger partial charge is 0.260 e. The van der Waals surface area contributed by atoms with Crippen LogP contribution in [0.4, 0.5) is 0 Å². The first-order chi connectivity index (χ1) is 10.1. The van der Waals surface area contributed by atoms with E-state index in [0.717, 1.165) is 0 Å². The number of benzene rings is 1. The summed E-state index contributed by atoms with van der Waals surface area (Å²) in [5.41, 5.74) is 0.665. The molecule has 2 heterocycles. The molecule has 2 aromatic rings. The van der Waals surface area contributed by atoms with Gasteiger partial charge in [-0.25, -0.2) is 13.1 Å². The van der Waals surface area contributed by atoms with Crippen molar-refractivity contribution in [2.45, 2.75) is 5.03 Å². The van der Waals surface area contributed by atoms with Crippen LogP contribution in [0.15, 0.2) is 41.6 Å². The lowest BCUT2D eigenvalue weighted by Gasteiger charge is -2.26. The molecule has 6 nitrogen and oxygen atoms in total. The normalized spacial score (nSPS) is 17.0. The van der Waals surface area contributed by atoms with E-state index in [1.807, 2.05) is 0 Å². The van der Waals surface area contributed by atoms with Crippen LogP contribution in [0.25, 0.3) is 5.69 Å². The second-order valence-electron chi connectivity index (χ2n) is 4.71. The Morgan fingerprint density at radius 3 is 2.43 bits per heavy atom. The highest BCUT2D eigenvalue weighted by molar-refractivity contribution is 7.89. The zero-order valence-corrected chi connectivity index (χ0v) is 12.8. The first-order valence-electron chi connectivity index (χ1n) is 6.60. The first-order valence-corrected chi connectivity index (χ1v) is 8.42. The number of sulfonamides is 1. The number of aromatic nitrogens is 2. The Balaban J connectivity index is 2.00. The Kier molecular flexibility index (Phi) is 3.99. The third-order valence-corrected chi connectivity index (χ3v) is 5.49. The minimum atomic E-state index is -3.55. The Hall–Kier alpha value is -1.41. The van der Waals surface area contributed by atoms with E-state index in [1.54, 1.807) is 24.3 Å².